The van der Waals surface area contributed by atoms with E-state index in [4.69, 9.17) is 23.8 Å². The van der Waals surface area contributed by atoms with Crippen LogP contribution in [0.25, 0.3) is 5.57 Å². The van der Waals surface area contributed by atoms with E-state index in [9.17, 15) is 4.79 Å². The number of carbonyl (C=O) groups is 1. The van der Waals surface area contributed by atoms with Crippen LogP contribution in [0, 0.1) is 0 Å². The molecule has 0 saturated heterocycles. The lowest BCUT2D eigenvalue weighted by atomic mass is 10.0. The van der Waals surface area contributed by atoms with Crippen LogP contribution in [0.2, 0.25) is 0 Å². The van der Waals surface area contributed by atoms with Gasteiger partial charge in [0, 0.05) is 5.56 Å². The van der Waals surface area contributed by atoms with Crippen LogP contribution >= 0.6 is 0 Å². The van der Waals surface area contributed by atoms with Gasteiger partial charge >= 0.3 is 5.97 Å². The number of para-hydroxylation sites is 1. The van der Waals surface area contributed by atoms with Gasteiger partial charge in [0.25, 0.3) is 0 Å². The third kappa shape index (κ3) is 6.36. The minimum absolute atomic E-state index is 0.186. The molecule has 0 heterocycles. The second-order valence-electron chi connectivity index (χ2n) is 6.75. The zero-order valence-corrected chi connectivity index (χ0v) is 18.7. The molecule has 0 fully saturated rings. The molecule has 3 aromatic rings. The molecular weight excluding hydrogens is 422 g/mol. The molecular formula is C26H25NO6. The summed E-state index contributed by atoms with van der Waals surface area (Å²) in [6.07, 6.45) is 2.94. The SMILES string of the molecule is CO/C=C(\C(=O)OC)c1ccccc1COc1cc(/C=N/Oc2ccccc2)ccc1OC. The third-order valence-corrected chi connectivity index (χ3v) is 4.62. The van der Waals surface area contributed by atoms with Gasteiger partial charge in [-0.3, -0.25) is 0 Å². The molecule has 0 N–H and O–H groups in total. The Hall–Kier alpha value is -4.26. The van der Waals surface area contributed by atoms with Crippen LogP contribution in [0.4, 0.5) is 0 Å². The molecule has 0 aromatic heterocycles. The fourth-order valence-corrected chi connectivity index (χ4v) is 3.03. The monoisotopic (exact) mass is 447 g/mol. The number of hydrogen-bond donors (Lipinski definition) is 0. The van der Waals surface area contributed by atoms with Crippen molar-refractivity contribution >= 4 is 17.8 Å². The molecule has 0 amide bonds. The van der Waals surface area contributed by atoms with Crippen LogP contribution in [0.3, 0.4) is 0 Å². The summed E-state index contributed by atoms with van der Waals surface area (Å²) in [4.78, 5) is 17.6. The van der Waals surface area contributed by atoms with Gasteiger partial charge in [-0.1, -0.05) is 47.6 Å². The van der Waals surface area contributed by atoms with Gasteiger partial charge in [-0.05, 0) is 41.5 Å². The molecule has 3 rings (SSSR count). The summed E-state index contributed by atoms with van der Waals surface area (Å²) in [6, 6.07) is 22.1. The van der Waals surface area contributed by atoms with E-state index in [1.807, 2.05) is 60.7 Å². The molecule has 0 atom stereocenters. The Morgan fingerprint density at radius 3 is 2.39 bits per heavy atom. The first-order valence-corrected chi connectivity index (χ1v) is 10.1. The minimum atomic E-state index is -0.501. The molecule has 0 aliphatic carbocycles. The van der Waals surface area contributed by atoms with Crippen LogP contribution in [-0.2, 0) is 20.9 Å². The Kier molecular flexibility index (Phi) is 8.48. The Morgan fingerprint density at radius 1 is 0.909 bits per heavy atom. The van der Waals surface area contributed by atoms with Crippen molar-refractivity contribution in [2.45, 2.75) is 6.61 Å². The highest BCUT2D eigenvalue weighted by atomic mass is 16.6. The summed E-state index contributed by atoms with van der Waals surface area (Å²) in [5.41, 5.74) is 2.49. The predicted octanol–water partition coefficient (Wildman–Crippen LogP) is 4.85. The highest BCUT2D eigenvalue weighted by molar-refractivity contribution is 6.16. The molecule has 0 aliphatic rings. The highest BCUT2D eigenvalue weighted by Crippen LogP contribution is 2.30. The van der Waals surface area contributed by atoms with Crippen LogP contribution in [-0.4, -0.2) is 33.5 Å². The largest absolute Gasteiger partial charge is 0.503 e. The average Bonchev–Trinajstić information content (AvgIpc) is 2.86. The van der Waals surface area contributed by atoms with E-state index in [1.54, 1.807) is 25.5 Å². The first-order chi connectivity index (χ1) is 16.2. The van der Waals surface area contributed by atoms with Gasteiger partial charge in [0.15, 0.2) is 17.2 Å². The molecule has 170 valence electrons. The first-order valence-electron chi connectivity index (χ1n) is 10.1. The van der Waals surface area contributed by atoms with Crippen LogP contribution in [0.1, 0.15) is 16.7 Å². The number of rotatable bonds is 10. The van der Waals surface area contributed by atoms with Crippen molar-refractivity contribution < 1.29 is 28.6 Å². The number of ether oxygens (including phenoxy) is 4. The van der Waals surface area contributed by atoms with Crippen molar-refractivity contribution in [1.82, 2.24) is 0 Å². The number of carbonyl (C=O) groups excluding carboxylic acids is 1. The maximum absolute atomic E-state index is 12.2. The number of oxime groups is 1. The lowest BCUT2D eigenvalue weighted by Crippen LogP contribution is -2.08. The smallest absolute Gasteiger partial charge is 0.341 e. The van der Waals surface area contributed by atoms with E-state index in [0.717, 1.165) is 11.1 Å². The molecule has 7 nitrogen and oxygen atoms in total. The molecule has 0 bridgehead atoms. The van der Waals surface area contributed by atoms with Crippen molar-refractivity contribution in [1.29, 1.82) is 0 Å². The van der Waals surface area contributed by atoms with Gasteiger partial charge in [-0.15, -0.1) is 0 Å². The number of hydrogen-bond acceptors (Lipinski definition) is 7. The number of benzene rings is 3. The Labute approximate surface area is 192 Å². The topological polar surface area (TPSA) is 75.6 Å². The number of methoxy groups -OCH3 is 3. The number of nitrogens with zero attached hydrogens (tertiary/aromatic N) is 1. The van der Waals surface area contributed by atoms with Gasteiger partial charge < -0.3 is 23.8 Å². The predicted molar refractivity (Wildman–Crippen MR) is 125 cm³/mol. The van der Waals surface area contributed by atoms with Crippen LogP contribution < -0.4 is 14.3 Å². The normalized spacial score (nSPS) is 11.2. The first kappa shape index (κ1) is 23.4. The quantitative estimate of drug-likeness (QED) is 0.145. The fourth-order valence-electron chi connectivity index (χ4n) is 3.03. The summed E-state index contributed by atoms with van der Waals surface area (Å²) >= 11 is 0. The summed E-state index contributed by atoms with van der Waals surface area (Å²) in [7, 11) is 4.37. The van der Waals surface area contributed by atoms with Crippen LogP contribution in [0.15, 0.2) is 84.2 Å². The van der Waals surface area contributed by atoms with Crippen molar-refractivity contribution in [3.63, 3.8) is 0 Å². The van der Waals surface area contributed by atoms with Gasteiger partial charge in [0.05, 0.1) is 33.8 Å². The standard InChI is InChI=1S/C26H25NO6/c1-29-18-23(26(28)31-3)22-12-8-7-9-20(22)17-32-25-15-19(13-14-24(25)30-2)16-27-33-21-10-5-4-6-11-21/h4-16,18H,17H2,1-3H3/b23-18-,27-16+. The Balaban J connectivity index is 1.79. The van der Waals surface area contributed by atoms with Crippen molar-refractivity contribution in [3.05, 3.63) is 95.7 Å². The third-order valence-electron chi connectivity index (χ3n) is 4.62. The van der Waals surface area contributed by atoms with E-state index in [-0.39, 0.29) is 6.61 Å². The molecule has 33 heavy (non-hydrogen) atoms. The Bertz CT molecular complexity index is 1120. The maximum Gasteiger partial charge on any atom is 0.341 e. The highest BCUT2D eigenvalue weighted by Gasteiger charge is 2.17. The second kappa shape index (κ2) is 12.0. The van der Waals surface area contributed by atoms with Gasteiger partial charge in [0.1, 0.15) is 12.2 Å². The molecule has 0 unspecified atom stereocenters. The van der Waals surface area contributed by atoms with Crippen molar-refractivity contribution in [2.75, 3.05) is 21.3 Å². The second-order valence-corrected chi connectivity index (χ2v) is 6.75. The Morgan fingerprint density at radius 2 is 1.67 bits per heavy atom. The number of esters is 1. The molecule has 0 saturated carbocycles. The lowest BCUT2D eigenvalue weighted by Gasteiger charge is -2.14. The summed E-state index contributed by atoms with van der Waals surface area (Å²) in [6.45, 7) is 0.186. The molecule has 0 radical (unpaired) electrons. The summed E-state index contributed by atoms with van der Waals surface area (Å²) in [5.74, 6) is 1.22. The summed E-state index contributed by atoms with van der Waals surface area (Å²) < 4.78 is 21.4. The molecule has 3 aromatic carbocycles. The zero-order valence-electron chi connectivity index (χ0n) is 18.7. The molecule has 0 spiro atoms. The molecule has 7 heteroatoms. The van der Waals surface area contributed by atoms with E-state index < -0.39 is 5.97 Å². The molecule has 0 aliphatic heterocycles. The fraction of sp³-hybridized carbons (Fsp3) is 0.154. The zero-order chi connectivity index (χ0) is 23.5. The van der Waals surface area contributed by atoms with Crippen molar-refractivity contribution in [3.8, 4) is 17.2 Å². The van der Waals surface area contributed by atoms with E-state index in [0.29, 0.717) is 28.4 Å². The van der Waals surface area contributed by atoms with E-state index in [2.05, 4.69) is 5.16 Å². The average molecular weight is 447 g/mol. The minimum Gasteiger partial charge on any atom is -0.503 e. The maximum atomic E-state index is 12.2. The van der Waals surface area contributed by atoms with E-state index in [1.165, 1.54) is 20.5 Å². The van der Waals surface area contributed by atoms with Gasteiger partial charge in [0.2, 0.25) is 0 Å². The van der Waals surface area contributed by atoms with E-state index >= 15 is 0 Å². The van der Waals surface area contributed by atoms with Crippen LogP contribution in [0.5, 0.6) is 17.2 Å². The van der Waals surface area contributed by atoms with Gasteiger partial charge in [-0.25, -0.2) is 4.79 Å². The summed E-state index contributed by atoms with van der Waals surface area (Å²) in [5, 5.41) is 4.02. The lowest BCUT2D eigenvalue weighted by molar-refractivity contribution is -0.133. The van der Waals surface area contributed by atoms with Gasteiger partial charge in [-0.2, -0.15) is 0 Å². The van der Waals surface area contributed by atoms with Crippen molar-refractivity contribution in [2.24, 2.45) is 5.16 Å².